The molecule has 6 N–H and O–H groups in total. The Balaban J connectivity index is -0.00000000167. The zero-order chi connectivity index (χ0) is 2.00. The molecule has 5 heavy (non-hydrogen) atoms. The second-order valence-electron chi connectivity index (χ2n) is 0. The first-order valence-electron chi connectivity index (χ1n) is 0.143. The van der Waals surface area contributed by atoms with Gasteiger partial charge in [-0.3, -0.25) is 0 Å². The Morgan fingerprint density at radius 3 is 0.600 bits per heavy atom. The van der Waals surface area contributed by atoms with Crippen LogP contribution in [0.15, 0.2) is 0 Å². The lowest BCUT2D eigenvalue weighted by Crippen LogP contribution is -0.310. The second kappa shape index (κ2) is 252. The van der Waals surface area contributed by atoms with Crippen LogP contribution in [0.2, 0.25) is 0 Å². The highest BCUT2D eigenvalue weighted by atomic mass is 36.5. The molecule has 38 valence electrons. The Kier molecular flexibility index (Phi) is 2570. The monoisotopic (exact) mass is 124 g/mol. The van der Waals surface area contributed by atoms with Gasteiger partial charge >= 0.3 is 0 Å². The van der Waals surface area contributed by atoms with E-state index in [9.17, 15) is 0 Å². The normalized spacial score (nSPS) is 1.20. The van der Waals surface area contributed by atoms with Crippen LogP contribution in [0.1, 0.15) is 0 Å². The summed E-state index contributed by atoms with van der Waals surface area (Å²) in [5, 5.41) is 0. The highest BCUT2D eigenvalue weighted by molar-refractivity contribution is 6.85. The van der Waals surface area contributed by atoms with Crippen molar-refractivity contribution >= 4 is 21.7 Å². The van der Waals surface area contributed by atoms with Gasteiger partial charge < -0.3 is 16.4 Å². The lowest BCUT2D eigenvalue weighted by Gasteiger charge is -1.000. The lowest BCUT2D eigenvalue weighted by molar-refractivity contribution is 0.823. The fraction of sp³-hybridized carbons (Fsp3) is 0. The van der Waals surface area contributed by atoms with E-state index in [4.69, 9.17) is 0 Å². The van der Waals surface area contributed by atoms with E-state index in [2.05, 4.69) is 21.7 Å². The molecule has 0 aromatic rings. The van der Waals surface area contributed by atoms with Crippen LogP contribution in [0, 0.1) is 0 Å². The summed E-state index contributed by atoms with van der Waals surface area (Å²) in [6, 6.07) is 0. The quantitative estimate of drug-likeness (QED) is 0.393. The van der Waals surface area contributed by atoms with Gasteiger partial charge in [0.05, 0.1) is 0 Å². The van der Waals surface area contributed by atoms with Crippen LogP contribution in [0.3, 0.4) is 0 Å². The summed E-state index contributed by atoms with van der Waals surface area (Å²) >= 11 is 0. The predicted octanol–water partition coefficient (Wildman–Crippen LogP) is -1.10. The largest absolute Gasteiger partial charge is 0.412 e. The molecule has 0 aromatic carbocycles. The summed E-state index contributed by atoms with van der Waals surface area (Å²) in [4.78, 5) is 0. The minimum atomic E-state index is 0. The van der Waals surface area contributed by atoms with Gasteiger partial charge in [-0.1, -0.05) is 0 Å². The molecule has 3 nitrogen and oxygen atoms in total. The number of hydrogen-bond acceptors (Lipinski definition) is 0. The molecule has 0 heterocycles. The Bertz CT molecular complexity index is 4.85. The van der Waals surface area contributed by atoms with Gasteiger partial charge in [0.25, 0.3) is 0 Å². The van der Waals surface area contributed by atoms with Crippen molar-refractivity contribution in [3.8, 4) is 0 Å². The van der Waals surface area contributed by atoms with Gasteiger partial charge in [-0.2, -0.15) is 0 Å². The van der Waals surface area contributed by atoms with E-state index in [1.165, 1.54) is 0 Å². The van der Waals surface area contributed by atoms with Crippen molar-refractivity contribution in [2.24, 2.45) is 0 Å². The number of rotatable bonds is 0. The first-order chi connectivity index (χ1) is 1.00. The summed E-state index contributed by atoms with van der Waals surface area (Å²) in [7, 11) is 8.22. The van der Waals surface area contributed by atoms with E-state index in [-0.39, 0.29) is 16.4 Å². The third-order valence-corrected chi connectivity index (χ3v) is 0. The molecule has 0 atom stereocenters. The van der Waals surface area contributed by atoms with Crippen LogP contribution < -0.4 is 0 Å². The molecular weight excluding hydrogens is 119 g/mol. The minimum absolute atomic E-state index is 0. The van der Waals surface area contributed by atoms with Gasteiger partial charge in [0, 0.05) is 21.7 Å². The Labute approximate surface area is 39.0 Å². The molecule has 0 aliphatic rings. The summed E-state index contributed by atoms with van der Waals surface area (Å²) < 4.78 is 0. The molecule has 0 fully saturated rings. The molecule has 0 saturated heterocycles. The van der Waals surface area contributed by atoms with Gasteiger partial charge in [-0.15, -0.1) is 0 Å². The summed E-state index contributed by atoms with van der Waals surface area (Å²) in [5.74, 6) is 0. The summed E-state index contributed by atoms with van der Waals surface area (Å²) in [6.45, 7) is 0. The molecule has 0 unspecified atom stereocenters. The van der Waals surface area contributed by atoms with E-state index in [0.29, 0.717) is 0 Å². The van der Waals surface area contributed by atoms with Gasteiger partial charge in [0.15, 0.2) is 0 Å². The van der Waals surface area contributed by atoms with Crippen molar-refractivity contribution in [3.63, 3.8) is 0 Å². The van der Waals surface area contributed by atoms with E-state index in [1.807, 2.05) is 0 Å². The number of halogens is 2. The highest BCUT2D eigenvalue weighted by Crippen LogP contribution is 1.69. The van der Waals surface area contributed by atoms with Crippen LogP contribution in [0.4, 0.5) is 0 Å². The fourth-order valence-corrected chi connectivity index (χ4v) is 0. The Hall–Kier alpha value is 0.460. The molecule has 0 aliphatic heterocycles. The van der Waals surface area contributed by atoms with Gasteiger partial charge in [-0.25, -0.2) is 0 Å². The van der Waals surface area contributed by atoms with E-state index < -0.39 is 0 Å². The molecule has 5 heteroatoms. The van der Waals surface area contributed by atoms with E-state index in [1.54, 1.807) is 0 Å². The predicted molar refractivity (Wildman–Crippen MR) is 22.5 cm³/mol. The standard InChI is InChI=1S/Cl2.3H2O/c1-2;;;/h;3*1H2. The molecule has 0 spiro atoms. The van der Waals surface area contributed by atoms with Crippen LogP contribution >= 0.6 is 21.7 Å². The zero-order valence-electron chi connectivity index (χ0n) is 2.26. The van der Waals surface area contributed by atoms with Crippen molar-refractivity contribution in [2.75, 3.05) is 0 Å². The second-order valence-corrected chi connectivity index (χ2v) is 0. The highest BCUT2D eigenvalue weighted by Gasteiger charge is 1.00. The van der Waals surface area contributed by atoms with Crippen LogP contribution in [-0.2, 0) is 0 Å². The molecule has 0 rings (SSSR count). The maximum atomic E-state index is 4.11. The molecular formula is H6Cl2O3. The zero-order valence-corrected chi connectivity index (χ0v) is 3.77. The third kappa shape index (κ3) is 128. The van der Waals surface area contributed by atoms with Crippen molar-refractivity contribution in [2.45, 2.75) is 0 Å². The van der Waals surface area contributed by atoms with E-state index >= 15 is 0 Å². The average Bonchev–Trinajstić information content (AvgIpc) is 1.00. The summed E-state index contributed by atoms with van der Waals surface area (Å²) in [6.07, 6.45) is 0. The van der Waals surface area contributed by atoms with Crippen molar-refractivity contribution in [1.82, 2.24) is 0 Å². The molecule has 0 saturated carbocycles. The maximum absolute atomic E-state index is 4.11. The van der Waals surface area contributed by atoms with Crippen LogP contribution in [0.25, 0.3) is 0 Å². The first kappa shape index (κ1) is 51.0. The minimum Gasteiger partial charge on any atom is -0.412 e. The van der Waals surface area contributed by atoms with Crippen molar-refractivity contribution in [3.05, 3.63) is 0 Å². The topological polar surface area (TPSA) is 94.5 Å². The van der Waals surface area contributed by atoms with Crippen molar-refractivity contribution < 1.29 is 16.4 Å². The van der Waals surface area contributed by atoms with E-state index in [0.717, 1.165) is 0 Å². The van der Waals surface area contributed by atoms with Crippen LogP contribution in [-0.4, -0.2) is 16.4 Å². The third-order valence-electron chi connectivity index (χ3n) is 0. The Morgan fingerprint density at radius 1 is 0.600 bits per heavy atom. The SMILES string of the molecule is ClCl.O.O.O. The lowest BCUT2D eigenvalue weighted by atomic mass is 16.0. The average molecular weight is 125 g/mol. The Morgan fingerprint density at radius 2 is 0.600 bits per heavy atom. The van der Waals surface area contributed by atoms with Crippen molar-refractivity contribution in [1.29, 1.82) is 0 Å². The molecule has 0 bridgehead atoms. The summed E-state index contributed by atoms with van der Waals surface area (Å²) in [5.41, 5.74) is 0. The maximum Gasteiger partial charge on any atom is 0 e. The van der Waals surface area contributed by atoms with Gasteiger partial charge in [0.2, 0.25) is 0 Å². The van der Waals surface area contributed by atoms with Crippen LogP contribution in [0.5, 0.6) is 0 Å². The first-order valence-corrected chi connectivity index (χ1v) is 1.29. The fourth-order valence-electron chi connectivity index (χ4n) is 0. The molecule has 0 amide bonds. The molecule has 0 aliphatic carbocycles. The molecule has 0 aromatic heterocycles. The smallest absolute Gasteiger partial charge is 0 e. The van der Waals surface area contributed by atoms with Gasteiger partial charge in [0.1, 0.15) is 0 Å². The van der Waals surface area contributed by atoms with Gasteiger partial charge in [-0.05, 0) is 0 Å². The molecule has 0 radical (unpaired) electrons. The number of hydrogen-bond donors (Lipinski definition) is 0.